The summed E-state index contributed by atoms with van der Waals surface area (Å²) in [6.45, 7) is 3.80. The standard InChI is InChI=1S/C23H23N3O3S/c1-15-7-6-10-19(16(15)2)24-21(27)13-26(3)23(29)18-8-4-5-9-20(18)25-22(28)17-11-12-30-14-17/h4-12,14H,13H2,1-3H3,(H,24,27)(H,25,28). The molecule has 3 aromatic rings. The smallest absolute Gasteiger partial charge is 0.256 e. The van der Waals surface area contributed by atoms with Gasteiger partial charge in [-0.05, 0) is 54.6 Å². The van der Waals surface area contributed by atoms with Gasteiger partial charge in [-0.25, -0.2) is 0 Å². The van der Waals surface area contributed by atoms with Crippen molar-refractivity contribution < 1.29 is 14.4 Å². The van der Waals surface area contributed by atoms with Crippen molar-refractivity contribution in [1.29, 1.82) is 0 Å². The molecule has 6 nitrogen and oxygen atoms in total. The predicted octanol–water partition coefficient (Wildman–Crippen LogP) is 4.33. The highest BCUT2D eigenvalue weighted by Gasteiger charge is 2.19. The van der Waals surface area contributed by atoms with Crippen LogP contribution >= 0.6 is 11.3 Å². The fourth-order valence-electron chi connectivity index (χ4n) is 2.94. The van der Waals surface area contributed by atoms with Gasteiger partial charge in [-0.1, -0.05) is 24.3 Å². The van der Waals surface area contributed by atoms with Crippen LogP contribution < -0.4 is 10.6 Å². The zero-order valence-electron chi connectivity index (χ0n) is 17.1. The van der Waals surface area contributed by atoms with E-state index in [2.05, 4.69) is 10.6 Å². The van der Waals surface area contributed by atoms with E-state index in [4.69, 9.17) is 0 Å². The maximum absolute atomic E-state index is 12.9. The molecule has 0 bridgehead atoms. The number of carbonyl (C=O) groups excluding carboxylic acids is 3. The zero-order chi connectivity index (χ0) is 21.7. The molecular formula is C23H23N3O3S. The number of nitrogens with one attached hydrogen (secondary N) is 2. The lowest BCUT2D eigenvalue weighted by atomic mass is 10.1. The molecule has 0 aliphatic heterocycles. The van der Waals surface area contributed by atoms with Crippen LogP contribution in [0.15, 0.2) is 59.3 Å². The molecule has 0 spiro atoms. The van der Waals surface area contributed by atoms with Crippen LogP contribution in [0.25, 0.3) is 0 Å². The van der Waals surface area contributed by atoms with E-state index in [-0.39, 0.29) is 24.3 Å². The Bertz CT molecular complexity index is 1080. The highest BCUT2D eigenvalue weighted by atomic mass is 32.1. The Kier molecular flexibility index (Phi) is 6.64. The molecule has 0 atom stereocenters. The first-order chi connectivity index (χ1) is 14.4. The Morgan fingerprint density at radius 1 is 0.933 bits per heavy atom. The third-order valence-electron chi connectivity index (χ3n) is 4.80. The maximum atomic E-state index is 12.9. The van der Waals surface area contributed by atoms with Crippen molar-refractivity contribution in [3.05, 3.63) is 81.5 Å². The van der Waals surface area contributed by atoms with E-state index in [9.17, 15) is 14.4 Å². The van der Waals surface area contributed by atoms with Crippen LogP contribution in [0, 0.1) is 13.8 Å². The van der Waals surface area contributed by atoms with E-state index in [0.29, 0.717) is 16.8 Å². The van der Waals surface area contributed by atoms with Gasteiger partial charge in [0.05, 0.1) is 23.4 Å². The normalized spacial score (nSPS) is 10.4. The Labute approximate surface area is 179 Å². The predicted molar refractivity (Wildman–Crippen MR) is 120 cm³/mol. The van der Waals surface area contributed by atoms with Crippen molar-refractivity contribution in [3.63, 3.8) is 0 Å². The van der Waals surface area contributed by atoms with E-state index in [1.807, 2.05) is 37.4 Å². The second kappa shape index (κ2) is 9.37. The number of aryl methyl sites for hydroxylation is 1. The van der Waals surface area contributed by atoms with E-state index in [1.165, 1.54) is 16.2 Å². The fourth-order valence-corrected chi connectivity index (χ4v) is 3.57. The lowest BCUT2D eigenvalue weighted by molar-refractivity contribution is -0.116. The van der Waals surface area contributed by atoms with Gasteiger partial charge in [0.25, 0.3) is 11.8 Å². The number of likely N-dealkylation sites (N-methyl/N-ethyl adjacent to an activating group) is 1. The summed E-state index contributed by atoms with van der Waals surface area (Å²) in [5.41, 5.74) is 4.05. The molecule has 0 aliphatic carbocycles. The number of anilines is 2. The minimum absolute atomic E-state index is 0.112. The summed E-state index contributed by atoms with van der Waals surface area (Å²) in [5, 5.41) is 9.18. The molecule has 2 aromatic carbocycles. The van der Waals surface area contributed by atoms with E-state index in [0.717, 1.165) is 16.8 Å². The van der Waals surface area contributed by atoms with Crippen LogP contribution in [0.2, 0.25) is 0 Å². The molecular weight excluding hydrogens is 398 g/mol. The summed E-state index contributed by atoms with van der Waals surface area (Å²) in [7, 11) is 1.56. The van der Waals surface area contributed by atoms with Gasteiger partial charge in [0.1, 0.15) is 0 Å². The zero-order valence-corrected chi connectivity index (χ0v) is 17.9. The highest BCUT2D eigenvalue weighted by Crippen LogP contribution is 2.20. The van der Waals surface area contributed by atoms with Crippen LogP contribution in [-0.4, -0.2) is 36.2 Å². The Morgan fingerprint density at radius 3 is 2.40 bits per heavy atom. The SMILES string of the molecule is Cc1cccc(NC(=O)CN(C)C(=O)c2ccccc2NC(=O)c2ccsc2)c1C. The maximum Gasteiger partial charge on any atom is 0.256 e. The summed E-state index contributed by atoms with van der Waals surface area (Å²) in [5.74, 6) is -0.932. The quantitative estimate of drug-likeness (QED) is 0.622. The van der Waals surface area contributed by atoms with Gasteiger partial charge < -0.3 is 15.5 Å². The summed E-state index contributed by atoms with van der Waals surface area (Å²) in [6.07, 6.45) is 0. The van der Waals surface area contributed by atoms with E-state index < -0.39 is 0 Å². The molecule has 2 N–H and O–H groups in total. The Hall–Kier alpha value is -3.45. The first kappa shape index (κ1) is 21.3. The summed E-state index contributed by atoms with van der Waals surface area (Å²) >= 11 is 1.42. The highest BCUT2D eigenvalue weighted by molar-refractivity contribution is 7.08. The number of thiophene rings is 1. The number of nitrogens with zero attached hydrogens (tertiary/aromatic N) is 1. The van der Waals surface area contributed by atoms with Crippen molar-refractivity contribution in [1.82, 2.24) is 4.90 Å². The third-order valence-corrected chi connectivity index (χ3v) is 5.48. The van der Waals surface area contributed by atoms with Crippen LogP contribution in [0.1, 0.15) is 31.8 Å². The minimum Gasteiger partial charge on any atom is -0.332 e. The molecule has 0 saturated carbocycles. The van der Waals surface area contributed by atoms with Gasteiger partial charge in [-0.15, -0.1) is 0 Å². The summed E-state index contributed by atoms with van der Waals surface area (Å²) in [4.78, 5) is 39.1. The molecule has 0 unspecified atom stereocenters. The Balaban J connectivity index is 1.69. The van der Waals surface area contributed by atoms with E-state index >= 15 is 0 Å². The van der Waals surface area contributed by atoms with Crippen LogP contribution in [0.3, 0.4) is 0 Å². The molecule has 0 saturated heterocycles. The topological polar surface area (TPSA) is 78.5 Å². The van der Waals surface area contributed by atoms with Gasteiger partial charge in [0.15, 0.2) is 0 Å². The van der Waals surface area contributed by atoms with Gasteiger partial charge >= 0.3 is 0 Å². The largest absolute Gasteiger partial charge is 0.332 e. The fraction of sp³-hybridized carbons (Fsp3) is 0.174. The molecule has 154 valence electrons. The van der Waals surface area contributed by atoms with Crippen LogP contribution in [-0.2, 0) is 4.79 Å². The van der Waals surface area contributed by atoms with E-state index in [1.54, 1.807) is 42.8 Å². The number of hydrogen-bond acceptors (Lipinski definition) is 4. The number of rotatable bonds is 6. The van der Waals surface area contributed by atoms with Gasteiger partial charge in [-0.2, -0.15) is 11.3 Å². The lowest BCUT2D eigenvalue weighted by Gasteiger charge is -2.19. The van der Waals surface area contributed by atoms with Crippen molar-refractivity contribution in [2.45, 2.75) is 13.8 Å². The molecule has 30 heavy (non-hydrogen) atoms. The molecule has 0 radical (unpaired) electrons. The lowest BCUT2D eigenvalue weighted by Crippen LogP contribution is -2.35. The summed E-state index contributed by atoms with van der Waals surface area (Å²) < 4.78 is 0. The number of carbonyl (C=O) groups is 3. The van der Waals surface area contributed by atoms with Crippen molar-refractivity contribution in [2.75, 3.05) is 24.2 Å². The third kappa shape index (κ3) is 4.93. The average molecular weight is 422 g/mol. The molecule has 7 heteroatoms. The number of amides is 3. The molecule has 3 amide bonds. The average Bonchev–Trinajstić information content (AvgIpc) is 3.26. The minimum atomic E-state index is -0.354. The number of hydrogen-bond donors (Lipinski definition) is 2. The summed E-state index contributed by atoms with van der Waals surface area (Å²) in [6, 6.07) is 14.2. The van der Waals surface area contributed by atoms with Crippen LogP contribution in [0.5, 0.6) is 0 Å². The van der Waals surface area contributed by atoms with Gasteiger partial charge in [-0.3, -0.25) is 14.4 Å². The van der Waals surface area contributed by atoms with Crippen molar-refractivity contribution in [2.24, 2.45) is 0 Å². The van der Waals surface area contributed by atoms with Crippen molar-refractivity contribution in [3.8, 4) is 0 Å². The molecule has 0 fully saturated rings. The van der Waals surface area contributed by atoms with Crippen LogP contribution in [0.4, 0.5) is 11.4 Å². The Morgan fingerprint density at radius 2 is 1.67 bits per heavy atom. The first-order valence-electron chi connectivity index (χ1n) is 9.41. The second-order valence-corrected chi connectivity index (χ2v) is 7.75. The number of benzene rings is 2. The molecule has 1 aromatic heterocycles. The van der Waals surface area contributed by atoms with Gasteiger partial charge in [0, 0.05) is 18.1 Å². The first-order valence-corrected chi connectivity index (χ1v) is 10.3. The monoisotopic (exact) mass is 421 g/mol. The molecule has 1 heterocycles. The molecule has 0 aliphatic rings. The van der Waals surface area contributed by atoms with Gasteiger partial charge in [0.2, 0.25) is 5.91 Å². The number of para-hydroxylation sites is 1. The second-order valence-electron chi connectivity index (χ2n) is 6.97. The molecule has 3 rings (SSSR count). The van der Waals surface area contributed by atoms with Crippen molar-refractivity contribution >= 4 is 40.4 Å².